The van der Waals surface area contributed by atoms with Crippen LogP contribution in [-0.2, 0) is 10.0 Å². The highest BCUT2D eigenvalue weighted by atomic mass is 35.5. The molecule has 0 saturated carbocycles. The van der Waals surface area contributed by atoms with Crippen LogP contribution in [0.15, 0.2) is 47.4 Å². The van der Waals surface area contributed by atoms with Crippen LogP contribution in [0.25, 0.3) is 0 Å². The van der Waals surface area contributed by atoms with Crippen molar-refractivity contribution in [3.8, 4) is 5.75 Å². The molecular weight excluding hydrogens is 424 g/mol. The molecule has 1 aliphatic heterocycles. The Morgan fingerprint density at radius 3 is 2.30 bits per heavy atom. The van der Waals surface area contributed by atoms with Crippen molar-refractivity contribution in [2.24, 2.45) is 0 Å². The lowest BCUT2D eigenvalue weighted by molar-refractivity contribution is 0.0936. The molecule has 0 spiro atoms. The number of benzene rings is 2. The highest BCUT2D eigenvalue weighted by molar-refractivity contribution is 7.89. The molecule has 0 aromatic heterocycles. The number of hydrogen-bond acceptors (Lipinski definition) is 4. The fourth-order valence-corrected chi connectivity index (χ4v) is 5.24. The van der Waals surface area contributed by atoms with Gasteiger partial charge in [-0.2, -0.15) is 4.31 Å². The van der Waals surface area contributed by atoms with E-state index in [9.17, 15) is 13.2 Å². The van der Waals surface area contributed by atoms with Crippen LogP contribution in [-0.4, -0.2) is 38.8 Å². The summed E-state index contributed by atoms with van der Waals surface area (Å²) in [5.74, 6) is -0.0761. The minimum absolute atomic E-state index is 0.106. The Morgan fingerprint density at radius 1 is 1.07 bits per heavy atom. The highest BCUT2D eigenvalue weighted by Crippen LogP contribution is 2.27. The van der Waals surface area contributed by atoms with Crippen molar-refractivity contribution >= 4 is 27.5 Å². The van der Waals surface area contributed by atoms with Gasteiger partial charge in [-0.15, -0.1) is 0 Å². The Bertz CT molecular complexity index is 985. The summed E-state index contributed by atoms with van der Waals surface area (Å²) in [6, 6.07) is 11.3. The molecule has 1 atom stereocenters. The monoisotopic (exact) mass is 450 g/mol. The number of rotatable bonds is 6. The van der Waals surface area contributed by atoms with E-state index in [1.165, 1.54) is 29.6 Å². The molecule has 1 unspecified atom stereocenters. The van der Waals surface area contributed by atoms with E-state index in [2.05, 4.69) is 5.32 Å². The van der Waals surface area contributed by atoms with Crippen molar-refractivity contribution in [3.05, 3.63) is 58.6 Å². The SMILES string of the molecule is COc1ccc(S(=O)(=O)N2CCCCCC2)cc1C(=O)NC(C)c1ccc(Cl)cc1. The number of nitrogens with zero attached hydrogens (tertiary/aromatic N) is 1. The Balaban J connectivity index is 1.86. The van der Waals surface area contributed by atoms with Crippen molar-refractivity contribution < 1.29 is 17.9 Å². The maximum absolute atomic E-state index is 13.1. The first kappa shape index (κ1) is 22.6. The van der Waals surface area contributed by atoms with Gasteiger partial charge in [-0.1, -0.05) is 36.6 Å². The molecule has 6 nitrogen and oxygen atoms in total. The molecule has 1 heterocycles. The first-order valence-electron chi connectivity index (χ1n) is 10.1. The quantitative estimate of drug-likeness (QED) is 0.707. The lowest BCUT2D eigenvalue weighted by atomic mass is 10.1. The summed E-state index contributed by atoms with van der Waals surface area (Å²) in [6.07, 6.45) is 3.76. The second-order valence-electron chi connectivity index (χ2n) is 7.43. The third-order valence-corrected chi connectivity index (χ3v) is 7.48. The minimum atomic E-state index is -3.67. The zero-order chi connectivity index (χ0) is 21.7. The zero-order valence-electron chi connectivity index (χ0n) is 17.2. The number of ether oxygens (including phenoxy) is 1. The molecule has 3 rings (SSSR count). The number of amides is 1. The van der Waals surface area contributed by atoms with E-state index in [1.807, 2.05) is 19.1 Å². The van der Waals surface area contributed by atoms with E-state index < -0.39 is 15.9 Å². The van der Waals surface area contributed by atoms with Gasteiger partial charge >= 0.3 is 0 Å². The Kier molecular flexibility index (Phi) is 7.39. The molecule has 1 N–H and O–H groups in total. The fraction of sp³-hybridized carbons (Fsp3) is 0.409. The summed E-state index contributed by atoms with van der Waals surface area (Å²) >= 11 is 5.93. The number of halogens is 1. The zero-order valence-corrected chi connectivity index (χ0v) is 18.8. The largest absolute Gasteiger partial charge is 0.496 e. The lowest BCUT2D eigenvalue weighted by Crippen LogP contribution is -2.32. The Morgan fingerprint density at radius 2 is 1.70 bits per heavy atom. The highest BCUT2D eigenvalue weighted by Gasteiger charge is 2.27. The fourth-order valence-electron chi connectivity index (χ4n) is 3.57. The molecule has 0 radical (unpaired) electrons. The molecule has 0 aliphatic carbocycles. The van der Waals surface area contributed by atoms with Gasteiger partial charge in [0.1, 0.15) is 5.75 Å². The van der Waals surface area contributed by atoms with Gasteiger partial charge in [-0.3, -0.25) is 4.79 Å². The molecule has 162 valence electrons. The molecule has 8 heteroatoms. The molecule has 1 aliphatic rings. The second kappa shape index (κ2) is 9.81. The van der Waals surface area contributed by atoms with Crippen LogP contribution in [0.2, 0.25) is 5.02 Å². The van der Waals surface area contributed by atoms with Crippen LogP contribution < -0.4 is 10.1 Å². The van der Waals surface area contributed by atoms with Crippen LogP contribution in [0.1, 0.15) is 54.6 Å². The third-order valence-electron chi connectivity index (χ3n) is 5.34. The third kappa shape index (κ3) is 5.14. The van der Waals surface area contributed by atoms with Crippen LogP contribution in [0, 0.1) is 0 Å². The van der Waals surface area contributed by atoms with Crippen molar-refractivity contribution in [1.82, 2.24) is 9.62 Å². The van der Waals surface area contributed by atoms with E-state index in [0.717, 1.165) is 31.2 Å². The molecule has 1 saturated heterocycles. The average Bonchev–Trinajstić information content (AvgIpc) is 3.03. The summed E-state index contributed by atoms with van der Waals surface area (Å²) in [6.45, 7) is 2.86. The number of nitrogens with one attached hydrogen (secondary N) is 1. The number of sulfonamides is 1. The van der Waals surface area contributed by atoms with Gasteiger partial charge in [0, 0.05) is 18.1 Å². The van der Waals surface area contributed by atoms with Gasteiger partial charge in [0.05, 0.1) is 23.6 Å². The Labute approximate surface area is 183 Å². The topological polar surface area (TPSA) is 75.7 Å². The van der Waals surface area contributed by atoms with Crippen LogP contribution in [0.5, 0.6) is 5.75 Å². The van der Waals surface area contributed by atoms with Gasteiger partial charge < -0.3 is 10.1 Å². The normalized spacial score (nSPS) is 16.5. The maximum Gasteiger partial charge on any atom is 0.255 e. The summed E-state index contributed by atoms with van der Waals surface area (Å²) < 4.78 is 33.1. The first-order valence-corrected chi connectivity index (χ1v) is 11.9. The van der Waals surface area contributed by atoms with E-state index in [-0.39, 0.29) is 16.5 Å². The smallest absolute Gasteiger partial charge is 0.255 e. The first-order chi connectivity index (χ1) is 14.3. The second-order valence-corrected chi connectivity index (χ2v) is 9.80. The number of carbonyl (C=O) groups excluding carboxylic acids is 1. The van der Waals surface area contributed by atoms with Crippen molar-refractivity contribution in [2.45, 2.75) is 43.5 Å². The molecule has 1 fully saturated rings. The van der Waals surface area contributed by atoms with Gasteiger partial charge in [-0.05, 0) is 55.7 Å². The minimum Gasteiger partial charge on any atom is -0.496 e. The molecule has 2 aromatic carbocycles. The predicted molar refractivity (Wildman–Crippen MR) is 118 cm³/mol. The van der Waals surface area contributed by atoms with Gasteiger partial charge in [0.15, 0.2) is 0 Å². The number of hydrogen-bond donors (Lipinski definition) is 1. The standard InChI is InChI=1S/C22H27ClN2O4S/c1-16(17-7-9-18(23)10-8-17)24-22(26)20-15-19(11-12-21(20)29-2)30(27,28)25-13-5-3-4-6-14-25/h7-12,15-16H,3-6,13-14H2,1-2H3,(H,24,26). The molecule has 0 bridgehead atoms. The summed E-state index contributed by atoms with van der Waals surface area (Å²) in [5, 5.41) is 3.52. The molecule has 1 amide bonds. The van der Waals surface area contributed by atoms with E-state index in [0.29, 0.717) is 23.9 Å². The van der Waals surface area contributed by atoms with Crippen LogP contribution in [0.4, 0.5) is 0 Å². The van der Waals surface area contributed by atoms with Crippen LogP contribution >= 0.6 is 11.6 Å². The van der Waals surface area contributed by atoms with Crippen LogP contribution in [0.3, 0.4) is 0 Å². The summed E-state index contributed by atoms with van der Waals surface area (Å²) in [5.41, 5.74) is 1.08. The van der Waals surface area contributed by atoms with E-state index in [1.54, 1.807) is 12.1 Å². The number of carbonyl (C=O) groups is 1. The van der Waals surface area contributed by atoms with Gasteiger partial charge in [-0.25, -0.2) is 8.42 Å². The van der Waals surface area contributed by atoms with Crippen molar-refractivity contribution in [2.75, 3.05) is 20.2 Å². The molecular formula is C22H27ClN2O4S. The maximum atomic E-state index is 13.1. The summed E-state index contributed by atoms with van der Waals surface area (Å²) in [7, 11) is -2.21. The van der Waals surface area contributed by atoms with Gasteiger partial charge in [0.2, 0.25) is 10.0 Å². The van der Waals surface area contributed by atoms with Crippen molar-refractivity contribution in [1.29, 1.82) is 0 Å². The van der Waals surface area contributed by atoms with Crippen molar-refractivity contribution in [3.63, 3.8) is 0 Å². The number of methoxy groups -OCH3 is 1. The Hall–Kier alpha value is -2.09. The molecule has 2 aromatic rings. The van der Waals surface area contributed by atoms with Gasteiger partial charge in [0.25, 0.3) is 5.91 Å². The summed E-state index contributed by atoms with van der Waals surface area (Å²) in [4.78, 5) is 13.1. The molecule has 30 heavy (non-hydrogen) atoms. The average molecular weight is 451 g/mol. The van der Waals surface area contributed by atoms with E-state index >= 15 is 0 Å². The lowest BCUT2D eigenvalue weighted by Gasteiger charge is -2.21. The van der Waals surface area contributed by atoms with E-state index in [4.69, 9.17) is 16.3 Å². The predicted octanol–water partition coefficient (Wildman–Crippen LogP) is 4.40.